The maximum Gasteiger partial charge on any atom is 0.290 e. The van der Waals surface area contributed by atoms with Crippen LogP contribution < -0.4 is 20.4 Å². The van der Waals surface area contributed by atoms with Crippen molar-refractivity contribution in [3.05, 3.63) is 58.9 Å². The molecule has 13 heteroatoms. The summed E-state index contributed by atoms with van der Waals surface area (Å²) in [6.07, 6.45) is 9.75. The summed E-state index contributed by atoms with van der Waals surface area (Å²) in [5.74, 6) is 0.873. The lowest BCUT2D eigenvalue weighted by Crippen LogP contribution is -2.38. The third-order valence-corrected chi connectivity index (χ3v) is 7.31. The zero-order chi connectivity index (χ0) is 27.4. The summed E-state index contributed by atoms with van der Waals surface area (Å²) in [5.41, 5.74) is 2.48. The molecular weight excluding hydrogens is 521 g/mol. The Labute approximate surface area is 229 Å². The number of carbonyl (C=O) groups is 2. The molecule has 2 fully saturated rings. The van der Waals surface area contributed by atoms with Crippen molar-refractivity contribution in [2.45, 2.75) is 19.4 Å². The Balaban J connectivity index is 1.13. The van der Waals surface area contributed by atoms with Crippen LogP contribution in [0.4, 0.5) is 21.1 Å². The Hall–Kier alpha value is -3.97. The number of imide groups is 1. The first-order chi connectivity index (χ1) is 18.9. The molecule has 0 spiro atoms. The van der Waals surface area contributed by atoms with Gasteiger partial charge in [-0.15, -0.1) is 0 Å². The third kappa shape index (κ3) is 6.55. The zero-order valence-corrected chi connectivity index (χ0v) is 22.4. The number of hydrogen-bond acceptors (Lipinski definition) is 11. The molecule has 11 nitrogen and oxygen atoms in total. The van der Waals surface area contributed by atoms with Crippen LogP contribution in [-0.2, 0) is 11.3 Å². The van der Waals surface area contributed by atoms with Gasteiger partial charge in [0, 0.05) is 63.4 Å². The van der Waals surface area contributed by atoms with E-state index < -0.39 is 5.91 Å². The largest absolute Gasteiger partial charge is 0.347 e. The zero-order valence-electron chi connectivity index (χ0n) is 21.6. The highest BCUT2D eigenvalue weighted by Crippen LogP contribution is 2.26. The number of anilines is 2. The van der Waals surface area contributed by atoms with Crippen molar-refractivity contribution in [2.24, 2.45) is 5.92 Å². The number of carbonyl (C=O) groups excluding carboxylic acids is 2. The van der Waals surface area contributed by atoms with Crippen molar-refractivity contribution in [3.8, 4) is 11.3 Å². The first-order valence-electron chi connectivity index (χ1n) is 12.5. The summed E-state index contributed by atoms with van der Waals surface area (Å²) in [6.45, 7) is 2.73. The van der Waals surface area contributed by atoms with E-state index in [1.165, 1.54) is 6.20 Å². The standard InChI is InChI=1S/C26H28FN9O2S/c1-35(2)24-31-13-18(14-32-24)21-9-17(20(27)15-30-21)12-28-11-16-4-7-36(8-5-16)25-29-6-3-19(33-25)10-22-23(37)34-26(38)39-22/h3,6,9-10,13-16,28H,4-5,7-8,11-12H2,1-2H3,(H,34,37,38)/b22-10-. The Morgan fingerprint density at radius 3 is 2.62 bits per heavy atom. The highest BCUT2D eigenvalue weighted by molar-refractivity contribution is 8.18. The number of amides is 2. The molecule has 2 aliphatic heterocycles. The predicted octanol–water partition coefficient (Wildman–Crippen LogP) is 2.86. The third-order valence-electron chi connectivity index (χ3n) is 6.50. The number of thioether (sulfide) groups is 1. The molecule has 5 heterocycles. The summed E-state index contributed by atoms with van der Waals surface area (Å²) in [7, 11) is 3.73. The summed E-state index contributed by atoms with van der Waals surface area (Å²) >= 11 is 0.864. The van der Waals surface area contributed by atoms with Crippen molar-refractivity contribution in [1.29, 1.82) is 0 Å². The Morgan fingerprint density at radius 2 is 1.92 bits per heavy atom. The minimum absolute atomic E-state index is 0.322. The first kappa shape index (κ1) is 26.6. The van der Waals surface area contributed by atoms with E-state index in [1.54, 1.807) is 36.8 Å². The number of nitrogens with one attached hydrogen (secondary N) is 2. The van der Waals surface area contributed by atoms with Gasteiger partial charge in [-0.2, -0.15) is 0 Å². The molecule has 2 saturated heterocycles. The first-order valence-corrected chi connectivity index (χ1v) is 13.3. The SMILES string of the molecule is CN(C)c1ncc(-c2cc(CNCC3CCN(c4nccc(/C=C5\SC(=O)NC5=O)n4)CC3)c(F)cn2)cn1. The molecule has 5 rings (SSSR count). The quantitative estimate of drug-likeness (QED) is 0.403. The molecule has 39 heavy (non-hydrogen) atoms. The lowest BCUT2D eigenvalue weighted by molar-refractivity contribution is -0.115. The highest BCUT2D eigenvalue weighted by Gasteiger charge is 2.26. The molecule has 2 amide bonds. The van der Waals surface area contributed by atoms with Gasteiger partial charge in [0.2, 0.25) is 11.9 Å². The van der Waals surface area contributed by atoms with Crippen LogP contribution in [0.25, 0.3) is 17.3 Å². The number of aromatic nitrogens is 5. The van der Waals surface area contributed by atoms with Gasteiger partial charge >= 0.3 is 0 Å². The fourth-order valence-corrected chi connectivity index (χ4v) is 5.02. The topological polar surface area (TPSA) is 129 Å². The van der Waals surface area contributed by atoms with Crippen LogP contribution in [-0.4, -0.2) is 69.8 Å². The Kier molecular flexibility index (Phi) is 8.07. The lowest BCUT2D eigenvalue weighted by Gasteiger charge is -2.32. The average Bonchev–Trinajstić information content (AvgIpc) is 3.26. The van der Waals surface area contributed by atoms with Crippen LogP contribution in [0, 0.1) is 11.7 Å². The lowest BCUT2D eigenvalue weighted by atomic mass is 9.97. The second kappa shape index (κ2) is 11.8. The van der Waals surface area contributed by atoms with Crippen molar-refractivity contribution in [1.82, 2.24) is 35.6 Å². The van der Waals surface area contributed by atoms with E-state index in [2.05, 4.69) is 40.5 Å². The van der Waals surface area contributed by atoms with Gasteiger partial charge in [0.1, 0.15) is 5.82 Å². The fourth-order valence-electron chi connectivity index (χ4n) is 4.36. The van der Waals surface area contributed by atoms with Crippen LogP contribution in [0.5, 0.6) is 0 Å². The summed E-state index contributed by atoms with van der Waals surface area (Å²) in [6, 6.07) is 3.45. The van der Waals surface area contributed by atoms with Gasteiger partial charge in [-0.05, 0) is 55.3 Å². The van der Waals surface area contributed by atoms with E-state index in [0.29, 0.717) is 46.2 Å². The van der Waals surface area contributed by atoms with E-state index in [4.69, 9.17) is 0 Å². The summed E-state index contributed by atoms with van der Waals surface area (Å²) < 4.78 is 14.5. The number of halogens is 1. The van der Waals surface area contributed by atoms with Gasteiger partial charge in [0.25, 0.3) is 11.1 Å². The summed E-state index contributed by atoms with van der Waals surface area (Å²) in [5, 5.41) is 5.26. The molecule has 2 aliphatic rings. The minimum atomic E-state index is -0.408. The molecule has 0 aromatic carbocycles. The van der Waals surface area contributed by atoms with Crippen LogP contribution in [0.3, 0.4) is 0 Å². The molecular formula is C26H28FN9O2S. The van der Waals surface area contributed by atoms with Crippen molar-refractivity contribution in [3.63, 3.8) is 0 Å². The van der Waals surface area contributed by atoms with E-state index in [9.17, 15) is 14.0 Å². The Morgan fingerprint density at radius 1 is 1.15 bits per heavy atom. The van der Waals surface area contributed by atoms with Gasteiger partial charge in [-0.1, -0.05) is 0 Å². The smallest absolute Gasteiger partial charge is 0.290 e. The summed E-state index contributed by atoms with van der Waals surface area (Å²) in [4.78, 5) is 49.2. The van der Waals surface area contributed by atoms with E-state index >= 15 is 0 Å². The normalized spacial score (nSPS) is 17.1. The van der Waals surface area contributed by atoms with Gasteiger partial charge < -0.3 is 15.1 Å². The number of rotatable bonds is 8. The van der Waals surface area contributed by atoms with Gasteiger partial charge in [-0.3, -0.25) is 19.9 Å². The second-order valence-electron chi connectivity index (χ2n) is 9.52. The van der Waals surface area contributed by atoms with Crippen LogP contribution in [0.1, 0.15) is 24.1 Å². The fraction of sp³-hybridized carbons (Fsp3) is 0.346. The number of nitrogens with zero attached hydrogens (tertiary/aromatic N) is 7. The van der Waals surface area contributed by atoms with E-state index in [0.717, 1.165) is 49.8 Å². The maximum absolute atomic E-state index is 14.5. The highest BCUT2D eigenvalue weighted by atomic mass is 32.2. The predicted molar refractivity (Wildman–Crippen MR) is 147 cm³/mol. The molecule has 202 valence electrons. The molecule has 2 N–H and O–H groups in total. The van der Waals surface area contributed by atoms with Gasteiger partial charge in [0.15, 0.2) is 0 Å². The maximum atomic E-state index is 14.5. The van der Waals surface area contributed by atoms with Gasteiger partial charge in [0.05, 0.1) is 22.5 Å². The average molecular weight is 550 g/mol. The van der Waals surface area contributed by atoms with Crippen LogP contribution in [0.2, 0.25) is 0 Å². The molecule has 0 bridgehead atoms. The van der Waals surface area contributed by atoms with Crippen molar-refractivity contribution in [2.75, 3.05) is 43.5 Å². The molecule has 0 atom stereocenters. The monoisotopic (exact) mass is 549 g/mol. The van der Waals surface area contributed by atoms with Gasteiger partial charge in [-0.25, -0.2) is 24.3 Å². The number of hydrogen-bond donors (Lipinski definition) is 2. The van der Waals surface area contributed by atoms with Crippen LogP contribution in [0.15, 0.2) is 41.8 Å². The van der Waals surface area contributed by atoms with Crippen molar-refractivity contribution >= 4 is 40.9 Å². The van der Waals surface area contributed by atoms with E-state index in [1.807, 2.05) is 19.0 Å². The molecule has 3 aromatic heterocycles. The molecule has 3 aromatic rings. The Bertz CT molecular complexity index is 1390. The molecule has 0 radical (unpaired) electrons. The minimum Gasteiger partial charge on any atom is -0.347 e. The molecule has 0 saturated carbocycles. The number of pyridine rings is 1. The van der Waals surface area contributed by atoms with Crippen molar-refractivity contribution < 1.29 is 14.0 Å². The molecule has 0 unspecified atom stereocenters. The number of piperidine rings is 1. The van der Waals surface area contributed by atoms with Crippen LogP contribution >= 0.6 is 11.8 Å². The van der Waals surface area contributed by atoms with E-state index in [-0.39, 0.29) is 11.1 Å². The molecule has 0 aliphatic carbocycles. The second-order valence-corrected chi connectivity index (χ2v) is 10.5.